The molecule has 3 heteroatoms. The molecule has 1 aliphatic rings. The van der Waals surface area contributed by atoms with E-state index in [-0.39, 0.29) is 6.10 Å². The molecule has 27 heavy (non-hydrogen) atoms. The van der Waals surface area contributed by atoms with Gasteiger partial charge in [0.25, 0.3) is 0 Å². The molecule has 1 unspecified atom stereocenters. The van der Waals surface area contributed by atoms with E-state index in [0.29, 0.717) is 0 Å². The van der Waals surface area contributed by atoms with Gasteiger partial charge in [-0.2, -0.15) is 0 Å². The largest absolute Gasteiger partial charge is 0.494 e. The number of likely N-dealkylation sites (tertiary alicyclic amines) is 1. The summed E-state index contributed by atoms with van der Waals surface area (Å²) in [5.74, 6) is 1.88. The van der Waals surface area contributed by atoms with E-state index in [9.17, 15) is 0 Å². The van der Waals surface area contributed by atoms with Crippen LogP contribution in [0, 0.1) is 0 Å². The van der Waals surface area contributed by atoms with E-state index in [1.54, 1.807) is 0 Å². The molecule has 0 bridgehead atoms. The highest BCUT2D eigenvalue weighted by molar-refractivity contribution is 5.30. The molecule has 0 aromatic heterocycles. The Bertz CT molecular complexity index is 635. The molecule has 0 aliphatic carbocycles. The minimum Gasteiger partial charge on any atom is -0.494 e. The predicted molar refractivity (Wildman–Crippen MR) is 112 cm³/mol. The lowest BCUT2D eigenvalue weighted by atomic mass is 10.0. The molecule has 1 atom stereocenters. The van der Waals surface area contributed by atoms with Crippen molar-refractivity contribution in [3.05, 3.63) is 60.2 Å². The molecule has 0 saturated carbocycles. The second-order valence-electron chi connectivity index (χ2n) is 7.38. The third-order valence-corrected chi connectivity index (χ3v) is 5.16. The van der Waals surface area contributed by atoms with Crippen LogP contribution in [0.5, 0.6) is 11.5 Å². The van der Waals surface area contributed by atoms with E-state index >= 15 is 0 Å². The fourth-order valence-corrected chi connectivity index (χ4v) is 3.66. The highest BCUT2D eigenvalue weighted by Gasteiger charge is 2.13. The Morgan fingerprint density at radius 2 is 1.63 bits per heavy atom. The van der Waals surface area contributed by atoms with Crippen LogP contribution in [0.2, 0.25) is 0 Å². The fraction of sp³-hybridized carbons (Fsp3) is 0.500. The molecule has 2 aromatic carbocycles. The molecule has 1 fully saturated rings. The lowest BCUT2D eigenvalue weighted by Gasteiger charge is -2.26. The van der Waals surface area contributed by atoms with Gasteiger partial charge in [0, 0.05) is 6.54 Å². The number of piperidine rings is 1. The number of nitrogens with zero attached hydrogens (tertiary/aromatic N) is 1. The summed E-state index contributed by atoms with van der Waals surface area (Å²) in [5, 5.41) is 0. The number of rotatable bonds is 10. The molecule has 0 amide bonds. The third kappa shape index (κ3) is 6.59. The molecule has 3 nitrogen and oxygen atoms in total. The van der Waals surface area contributed by atoms with Gasteiger partial charge in [-0.05, 0) is 68.6 Å². The summed E-state index contributed by atoms with van der Waals surface area (Å²) in [4.78, 5) is 2.56. The first-order chi connectivity index (χ1) is 13.3. The molecular formula is C24H33NO2. The zero-order valence-electron chi connectivity index (χ0n) is 16.6. The average molecular weight is 368 g/mol. The van der Waals surface area contributed by atoms with E-state index in [0.717, 1.165) is 43.9 Å². The number of hydrogen-bond acceptors (Lipinski definition) is 3. The van der Waals surface area contributed by atoms with Gasteiger partial charge in [0.05, 0.1) is 6.61 Å². The van der Waals surface area contributed by atoms with Crippen LogP contribution in [-0.4, -0.2) is 31.1 Å². The first-order valence-corrected chi connectivity index (χ1v) is 10.5. The Balaban J connectivity index is 1.47. The van der Waals surface area contributed by atoms with Crippen LogP contribution in [0.4, 0.5) is 0 Å². The summed E-state index contributed by atoms with van der Waals surface area (Å²) in [7, 11) is 0. The zero-order valence-corrected chi connectivity index (χ0v) is 16.6. The van der Waals surface area contributed by atoms with Crippen molar-refractivity contribution in [3.8, 4) is 11.5 Å². The highest BCUT2D eigenvalue weighted by Crippen LogP contribution is 2.27. The second-order valence-corrected chi connectivity index (χ2v) is 7.38. The number of benzene rings is 2. The summed E-state index contributed by atoms with van der Waals surface area (Å²) in [6.07, 6.45) is 7.38. The molecule has 1 saturated heterocycles. The van der Waals surface area contributed by atoms with Crippen LogP contribution in [0.3, 0.4) is 0 Å². The van der Waals surface area contributed by atoms with Crippen molar-refractivity contribution in [1.82, 2.24) is 4.90 Å². The van der Waals surface area contributed by atoms with Crippen molar-refractivity contribution in [2.75, 3.05) is 26.2 Å². The molecule has 1 heterocycles. The van der Waals surface area contributed by atoms with E-state index < -0.39 is 0 Å². The lowest BCUT2D eigenvalue weighted by molar-refractivity contribution is 0.193. The van der Waals surface area contributed by atoms with Gasteiger partial charge in [0.15, 0.2) is 0 Å². The fourth-order valence-electron chi connectivity index (χ4n) is 3.66. The van der Waals surface area contributed by atoms with Crippen LogP contribution in [0.15, 0.2) is 54.6 Å². The molecule has 0 N–H and O–H groups in total. The Labute approximate surface area is 164 Å². The van der Waals surface area contributed by atoms with Gasteiger partial charge >= 0.3 is 0 Å². The van der Waals surface area contributed by atoms with E-state index in [4.69, 9.17) is 9.47 Å². The van der Waals surface area contributed by atoms with Gasteiger partial charge in [-0.15, -0.1) is 0 Å². The Kier molecular flexibility index (Phi) is 8.03. The topological polar surface area (TPSA) is 21.7 Å². The van der Waals surface area contributed by atoms with Crippen LogP contribution in [-0.2, 0) is 0 Å². The van der Waals surface area contributed by atoms with Crippen molar-refractivity contribution in [2.45, 2.75) is 51.6 Å². The van der Waals surface area contributed by atoms with Gasteiger partial charge in [-0.25, -0.2) is 0 Å². The molecular weight excluding hydrogens is 334 g/mol. The smallest absolute Gasteiger partial charge is 0.124 e. The summed E-state index contributed by atoms with van der Waals surface area (Å²) in [6.45, 7) is 6.65. The summed E-state index contributed by atoms with van der Waals surface area (Å²) < 4.78 is 12.1. The van der Waals surface area contributed by atoms with Crippen LogP contribution in [0.1, 0.15) is 57.1 Å². The van der Waals surface area contributed by atoms with Crippen LogP contribution >= 0.6 is 0 Å². The normalized spacial score (nSPS) is 16.0. The van der Waals surface area contributed by atoms with Crippen molar-refractivity contribution in [3.63, 3.8) is 0 Å². The lowest BCUT2D eigenvalue weighted by Crippen LogP contribution is -2.31. The van der Waals surface area contributed by atoms with Crippen molar-refractivity contribution < 1.29 is 9.47 Å². The monoisotopic (exact) mass is 367 g/mol. The van der Waals surface area contributed by atoms with Gasteiger partial charge < -0.3 is 14.4 Å². The number of para-hydroxylation sites is 1. The molecule has 3 rings (SSSR count). The molecule has 0 spiro atoms. The summed E-state index contributed by atoms with van der Waals surface area (Å²) in [6, 6.07) is 18.5. The zero-order chi connectivity index (χ0) is 18.7. The number of hydrogen-bond donors (Lipinski definition) is 0. The second kappa shape index (κ2) is 11.0. The first kappa shape index (κ1) is 19.8. The van der Waals surface area contributed by atoms with Crippen molar-refractivity contribution >= 4 is 0 Å². The standard InChI is InChI=1S/C24H33NO2/c1-2-10-24(27-23-11-5-3-6-12-23)21-13-15-22(16-14-21)26-20-9-19-25-17-7-4-8-18-25/h3,5-6,11-16,24H,2,4,7-10,17-20H2,1H3. The number of ether oxygens (including phenoxy) is 2. The van der Waals surface area contributed by atoms with Crippen molar-refractivity contribution in [1.29, 1.82) is 0 Å². The quantitative estimate of drug-likeness (QED) is 0.491. The Morgan fingerprint density at radius 1 is 0.889 bits per heavy atom. The molecule has 0 radical (unpaired) electrons. The predicted octanol–water partition coefficient (Wildman–Crippen LogP) is 5.86. The van der Waals surface area contributed by atoms with Crippen LogP contribution in [0.25, 0.3) is 0 Å². The SMILES string of the molecule is CCCC(Oc1ccccc1)c1ccc(OCCCN2CCCCC2)cc1. The maximum absolute atomic E-state index is 6.20. The van der Waals surface area contributed by atoms with E-state index in [1.165, 1.54) is 37.9 Å². The van der Waals surface area contributed by atoms with Gasteiger partial charge in [-0.3, -0.25) is 0 Å². The summed E-state index contributed by atoms with van der Waals surface area (Å²) >= 11 is 0. The molecule has 1 aliphatic heterocycles. The maximum atomic E-state index is 6.20. The first-order valence-electron chi connectivity index (χ1n) is 10.5. The van der Waals surface area contributed by atoms with Crippen molar-refractivity contribution in [2.24, 2.45) is 0 Å². The van der Waals surface area contributed by atoms with Gasteiger partial charge in [-0.1, -0.05) is 50.1 Å². The molecule has 146 valence electrons. The highest BCUT2D eigenvalue weighted by atomic mass is 16.5. The maximum Gasteiger partial charge on any atom is 0.124 e. The van der Waals surface area contributed by atoms with Gasteiger partial charge in [0.1, 0.15) is 17.6 Å². The van der Waals surface area contributed by atoms with Crippen LogP contribution < -0.4 is 9.47 Å². The Hall–Kier alpha value is -2.00. The van der Waals surface area contributed by atoms with Gasteiger partial charge in [0.2, 0.25) is 0 Å². The minimum atomic E-state index is 0.0885. The Morgan fingerprint density at radius 3 is 2.33 bits per heavy atom. The minimum absolute atomic E-state index is 0.0885. The summed E-state index contributed by atoms with van der Waals surface area (Å²) in [5.41, 5.74) is 1.21. The average Bonchev–Trinajstić information content (AvgIpc) is 2.73. The third-order valence-electron chi connectivity index (χ3n) is 5.16. The van der Waals surface area contributed by atoms with E-state index in [2.05, 4.69) is 36.1 Å². The molecule has 2 aromatic rings. The van der Waals surface area contributed by atoms with E-state index in [1.807, 2.05) is 30.3 Å².